The molecule has 0 saturated carbocycles. The highest BCUT2D eigenvalue weighted by atomic mass is 32.1. The largest absolute Gasteiger partial charge is 0.389 e. The molecule has 16 heavy (non-hydrogen) atoms. The molecule has 1 fully saturated rings. The first-order chi connectivity index (χ1) is 7.75. The summed E-state index contributed by atoms with van der Waals surface area (Å²) in [6.45, 7) is 1.64. The average Bonchev–Trinajstić information content (AvgIpc) is 2.31. The molecule has 1 aliphatic rings. The Hall–Kier alpha value is -1.20. The lowest BCUT2D eigenvalue weighted by molar-refractivity contribution is 0.0904. The Morgan fingerprint density at radius 1 is 1.44 bits per heavy atom. The van der Waals surface area contributed by atoms with E-state index in [0.29, 0.717) is 11.0 Å². The molecule has 4 nitrogen and oxygen atoms in total. The Morgan fingerprint density at radius 3 is 2.75 bits per heavy atom. The summed E-state index contributed by atoms with van der Waals surface area (Å²) in [6.07, 6.45) is 3.75. The fourth-order valence-electron chi connectivity index (χ4n) is 1.68. The van der Waals surface area contributed by atoms with Gasteiger partial charge in [-0.3, -0.25) is 0 Å². The molecule has 1 saturated heterocycles. The molecule has 0 unspecified atom stereocenters. The van der Waals surface area contributed by atoms with Crippen molar-refractivity contribution in [2.24, 2.45) is 5.73 Å². The molecule has 0 amide bonds. The lowest BCUT2D eigenvalue weighted by Gasteiger charge is -2.23. The molecule has 0 atom stereocenters. The van der Waals surface area contributed by atoms with E-state index >= 15 is 0 Å². The molecule has 0 aromatic carbocycles. The van der Waals surface area contributed by atoms with E-state index in [9.17, 15) is 0 Å². The smallest absolute Gasteiger partial charge is 0.126 e. The number of rotatable bonds is 3. The Labute approximate surface area is 100 Å². The van der Waals surface area contributed by atoms with Crippen LogP contribution in [-0.2, 0) is 4.74 Å². The van der Waals surface area contributed by atoms with Crippen LogP contribution in [-0.4, -0.2) is 29.2 Å². The van der Waals surface area contributed by atoms with Crippen molar-refractivity contribution in [3.05, 3.63) is 23.9 Å². The Morgan fingerprint density at radius 2 is 2.19 bits per heavy atom. The van der Waals surface area contributed by atoms with Gasteiger partial charge in [-0.25, -0.2) is 4.98 Å². The molecule has 2 heterocycles. The first kappa shape index (κ1) is 11.3. The van der Waals surface area contributed by atoms with Gasteiger partial charge in [-0.15, -0.1) is 0 Å². The SMILES string of the molecule is NC(=S)c1ccc(NC2CCOCC2)nc1. The van der Waals surface area contributed by atoms with E-state index < -0.39 is 0 Å². The van der Waals surface area contributed by atoms with Gasteiger partial charge in [-0.05, 0) is 25.0 Å². The first-order valence-corrected chi connectivity index (χ1v) is 5.76. The van der Waals surface area contributed by atoms with E-state index in [4.69, 9.17) is 22.7 Å². The fraction of sp³-hybridized carbons (Fsp3) is 0.455. The van der Waals surface area contributed by atoms with Crippen LogP contribution in [0, 0.1) is 0 Å². The molecule has 2 rings (SSSR count). The van der Waals surface area contributed by atoms with Crippen LogP contribution in [0.25, 0.3) is 0 Å². The third kappa shape index (κ3) is 2.90. The second kappa shape index (κ2) is 5.23. The van der Waals surface area contributed by atoms with E-state index in [0.717, 1.165) is 37.4 Å². The van der Waals surface area contributed by atoms with Gasteiger partial charge in [0, 0.05) is 31.0 Å². The highest BCUT2D eigenvalue weighted by Gasteiger charge is 2.13. The van der Waals surface area contributed by atoms with Gasteiger partial charge in [0.25, 0.3) is 0 Å². The van der Waals surface area contributed by atoms with E-state index in [1.54, 1.807) is 6.20 Å². The van der Waals surface area contributed by atoms with Crippen molar-refractivity contribution >= 4 is 23.0 Å². The van der Waals surface area contributed by atoms with Crippen molar-refractivity contribution in [3.63, 3.8) is 0 Å². The predicted molar refractivity (Wildman–Crippen MR) is 67.6 cm³/mol. The highest BCUT2D eigenvalue weighted by Crippen LogP contribution is 2.13. The maximum atomic E-state index is 5.50. The molecule has 0 aliphatic carbocycles. The third-order valence-electron chi connectivity index (χ3n) is 2.62. The molecule has 1 aromatic rings. The zero-order valence-corrected chi connectivity index (χ0v) is 9.80. The van der Waals surface area contributed by atoms with Gasteiger partial charge in [0.2, 0.25) is 0 Å². The van der Waals surface area contributed by atoms with Crippen LogP contribution in [0.1, 0.15) is 18.4 Å². The van der Waals surface area contributed by atoms with Crippen molar-refractivity contribution in [1.29, 1.82) is 0 Å². The number of ether oxygens (including phenoxy) is 1. The van der Waals surface area contributed by atoms with Crippen molar-refractivity contribution in [2.45, 2.75) is 18.9 Å². The zero-order valence-electron chi connectivity index (χ0n) is 8.98. The Balaban J connectivity index is 1.96. The van der Waals surface area contributed by atoms with Crippen molar-refractivity contribution in [1.82, 2.24) is 4.98 Å². The standard InChI is InChI=1S/C11H15N3OS/c12-11(16)8-1-2-10(13-7-8)14-9-3-5-15-6-4-9/h1-2,7,9H,3-6H2,(H2,12,16)(H,13,14). The molecule has 0 radical (unpaired) electrons. The summed E-state index contributed by atoms with van der Waals surface area (Å²) in [6, 6.07) is 4.25. The van der Waals surface area contributed by atoms with Crippen molar-refractivity contribution in [3.8, 4) is 0 Å². The summed E-state index contributed by atoms with van der Waals surface area (Å²) in [4.78, 5) is 4.65. The van der Waals surface area contributed by atoms with Crippen LogP contribution in [0.2, 0.25) is 0 Å². The zero-order chi connectivity index (χ0) is 11.4. The van der Waals surface area contributed by atoms with Gasteiger partial charge in [0.1, 0.15) is 10.8 Å². The van der Waals surface area contributed by atoms with Gasteiger partial charge in [0.05, 0.1) is 0 Å². The summed E-state index contributed by atoms with van der Waals surface area (Å²) >= 11 is 4.87. The van der Waals surface area contributed by atoms with Gasteiger partial charge >= 0.3 is 0 Å². The van der Waals surface area contributed by atoms with Gasteiger partial charge in [-0.2, -0.15) is 0 Å². The molecule has 86 valence electrons. The van der Waals surface area contributed by atoms with Crippen LogP contribution in [0.4, 0.5) is 5.82 Å². The first-order valence-electron chi connectivity index (χ1n) is 5.36. The van der Waals surface area contributed by atoms with E-state index in [1.165, 1.54) is 0 Å². The monoisotopic (exact) mass is 237 g/mol. The van der Waals surface area contributed by atoms with E-state index in [1.807, 2.05) is 12.1 Å². The second-order valence-electron chi connectivity index (χ2n) is 3.83. The van der Waals surface area contributed by atoms with E-state index in [-0.39, 0.29) is 0 Å². The van der Waals surface area contributed by atoms with E-state index in [2.05, 4.69) is 10.3 Å². The summed E-state index contributed by atoms with van der Waals surface area (Å²) in [5, 5.41) is 3.37. The number of pyridine rings is 1. The summed E-state index contributed by atoms with van der Waals surface area (Å²) < 4.78 is 5.29. The molecule has 3 N–H and O–H groups in total. The molecule has 1 aromatic heterocycles. The Kier molecular flexibility index (Phi) is 3.69. The minimum atomic E-state index is 0.380. The molecular formula is C11H15N3OS. The number of nitrogens with one attached hydrogen (secondary N) is 1. The second-order valence-corrected chi connectivity index (χ2v) is 4.27. The Bertz CT molecular complexity index is 360. The van der Waals surface area contributed by atoms with Crippen LogP contribution >= 0.6 is 12.2 Å². The lowest BCUT2D eigenvalue weighted by atomic mass is 10.1. The number of nitrogens with zero attached hydrogens (tertiary/aromatic N) is 1. The molecule has 0 bridgehead atoms. The van der Waals surface area contributed by atoms with Gasteiger partial charge in [-0.1, -0.05) is 12.2 Å². The summed E-state index contributed by atoms with van der Waals surface area (Å²) in [7, 11) is 0. The minimum absolute atomic E-state index is 0.380. The number of thiocarbonyl (C=S) groups is 1. The van der Waals surface area contributed by atoms with Gasteiger partial charge < -0.3 is 15.8 Å². The maximum absolute atomic E-state index is 5.50. The minimum Gasteiger partial charge on any atom is -0.389 e. The van der Waals surface area contributed by atoms with Gasteiger partial charge in [0.15, 0.2) is 0 Å². The summed E-state index contributed by atoms with van der Waals surface area (Å²) in [5.74, 6) is 0.868. The number of anilines is 1. The van der Waals surface area contributed by atoms with Crippen LogP contribution < -0.4 is 11.1 Å². The fourth-order valence-corrected chi connectivity index (χ4v) is 1.80. The lowest BCUT2D eigenvalue weighted by Crippen LogP contribution is -2.28. The van der Waals surface area contributed by atoms with Crippen LogP contribution in [0.3, 0.4) is 0 Å². The van der Waals surface area contributed by atoms with Crippen LogP contribution in [0.5, 0.6) is 0 Å². The number of aromatic nitrogens is 1. The number of hydrogen-bond acceptors (Lipinski definition) is 4. The molecular weight excluding hydrogens is 222 g/mol. The molecule has 5 heteroatoms. The highest BCUT2D eigenvalue weighted by molar-refractivity contribution is 7.80. The normalized spacial score (nSPS) is 17.0. The van der Waals surface area contributed by atoms with Crippen molar-refractivity contribution < 1.29 is 4.74 Å². The summed E-state index contributed by atoms with van der Waals surface area (Å²) in [5.41, 5.74) is 6.30. The number of hydrogen-bond donors (Lipinski definition) is 2. The predicted octanol–water partition coefficient (Wildman–Crippen LogP) is 1.31. The topological polar surface area (TPSA) is 60.2 Å². The van der Waals surface area contributed by atoms with Crippen molar-refractivity contribution in [2.75, 3.05) is 18.5 Å². The molecule has 1 aliphatic heterocycles. The molecule has 0 spiro atoms. The quantitative estimate of drug-likeness (QED) is 0.776. The third-order valence-corrected chi connectivity index (χ3v) is 2.86. The number of nitrogens with two attached hydrogens (primary N) is 1. The van der Waals surface area contributed by atoms with Crippen LogP contribution in [0.15, 0.2) is 18.3 Å². The maximum Gasteiger partial charge on any atom is 0.126 e. The average molecular weight is 237 g/mol.